The monoisotopic (exact) mass is 316 g/mol. The van der Waals surface area contributed by atoms with Gasteiger partial charge in [0.15, 0.2) is 0 Å². The standard InChI is InChI=1S/C11H12N2O3S3/c14-11(15)8-3-5-18-10-7(6-13(8)10)12-19(16)9-2-1-4-17-9/h1-4,7,10,12H,5-6H2,(H,14,15). The molecule has 5 nitrogen and oxygen atoms in total. The van der Waals surface area contributed by atoms with Crippen molar-refractivity contribution in [3.8, 4) is 0 Å². The third kappa shape index (κ3) is 2.50. The molecule has 0 radical (unpaired) electrons. The van der Waals surface area contributed by atoms with Gasteiger partial charge in [-0.1, -0.05) is 11.3 Å². The molecule has 1 saturated heterocycles. The zero-order chi connectivity index (χ0) is 13.4. The summed E-state index contributed by atoms with van der Waals surface area (Å²) in [5.41, 5.74) is 0.365. The van der Waals surface area contributed by atoms with Gasteiger partial charge in [0.2, 0.25) is 4.21 Å². The lowest BCUT2D eigenvalue weighted by atomic mass is 10.1. The van der Waals surface area contributed by atoms with Gasteiger partial charge in [-0.3, -0.25) is 0 Å². The number of nitrogens with zero attached hydrogens (tertiary/aromatic N) is 1. The first-order valence-corrected chi connectivity index (χ1v) is 8.78. The van der Waals surface area contributed by atoms with Crippen LogP contribution in [0.25, 0.3) is 0 Å². The Balaban J connectivity index is 1.62. The number of aliphatic carboxylic acids is 1. The maximum Gasteiger partial charge on any atom is 0.351 e. The van der Waals surface area contributed by atoms with Gasteiger partial charge in [-0.15, -0.1) is 16.5 Å². The fourth-order valence-corrected chi connectivity index (χ4v) is 5.35. The van der Waals surface area contributed by atoms with Gasteiger partial charge in [-0.25, -0.2) is 4.79 Å². The average molecular weight is 316 g/mol. The van der Waals surface area contributed by atoms with E-state index in [1.165, 1.54) is 11.3 Å². The topological polar surface area (TPSA) is 75.6 Å². The van der Waals surface area contributed by atoms with Gasteiger partial charge in [0.1, 0.15) is 11.7 Å². The number of carboxylic acids is 1. The van der Waals surface area contributed by atoms with Crippen molar-refractivity contribution in [2.24, 2.45) is 0 Å². The maximum atomic E-state index is 12.1. The van der Waals surface area contributed by atoms with Crippen LogP contribution in [0, 0.1) is 0 Å². The van der Waals surface area contributed by atoms with Gasteiger partial charge in [0.05, 0.1) is 16.7 Å². The Labute approximate surface area is 122 Å². The third-order valence-corrected chi connectivity index (χ3v) is 6.76. The summed E-state index contributed by atoms with van der Waals surface area (Å²) in [5, 5.41) is 11.0. The Bertz CT molecular complexity index is 505. The molecule has 0 saturated carbocycles. The Hall–Kier alpha value is -0.670. The molecule has 1 aromatic rings. The Morgan fingerprint density at radius 2 is 2.47 bits per heavy atom. The highest BCUT2D eigenvalue weighted by Crippen LogP contribution is 2.37. The molecule has 0 aromatic carbocycles. The first-order valence-electron chi connectivity index (χ1n) is 5.70. The van der Waals surface area contributed by atoms with Crippen molar-refractivity contribution in [3.05, 3.63) is 29.3 Å². The fourth-order valence-electron chi connectivity index (χ4n) is 2.14. The predicted molar refractivity (Wildman–Crippen MR) is 76.3 cm³/mol. The van der Waals surface area contributed by atoms with E-state index in [4.69, 9.17) is 5.11 Å². The van der Waals surface area contributed by atoms with Crippen LogP contribution in [0.15, 0.2) is 33.5 Å². The van der Waals surface area contributed by atoms with Crippen LogP contribution in [0.5, 0.6) is 0 Å². The minimum atomic E-state index is -1.21. The van der Waals surface area contributed by atoms with Gasteiger partial charge < -0.3 is 14.6 Å². The van der Waals surface area contributed by atoms with Crippen LogP contribution in [-0.4, -0.2) is 44.2 Å². The molecule has 2 aliphatic rings. The van der Waals surface area contributed by atoms with E-state index in [0.29, 0.717) is 18.0 Å². The summed E-state index contributed by atoms with van der Waals surface area (Å²) in [4.78, 5) is 12.9. The Kier molecular flexibility index (Phi) is 3.77. The lowest BCUT2D eigenvalue weighted by Crippen LogP contribution is -2.66. The molecule has 0 aliphatic carbocycles. The summed E-state index contributed by atoms with van der Waals surface area (Å²) in [7, 11) is 0. The molecule has 3 atom stereocenters. The lowest BCUT2D eigenvalue weighted by Gasteiger charge is -2.50. The van der Waals surface area contributed by atoms with Crippen LogP contribution < -0.4 is 4.72 Å². The number of rotatable bonds is 4. The Morgan fingerprint density at radius 1 is 1.63 bits per heavy atom. The molecule has 1 fully saturated rings. The van der Waals surface area contributed by atoms with Crippen LogP contribution in [0.3, 0.4) is 0 Å². The predicted octanol–water partition coefficient (Wildman–Crippen LogP) is 1.09. The fraction of sp³-hybridized carbons (Fsp3) is 0.364. The molecule has 8 heteroatoms. The van der Waals surface area contributed by atoms with Gasteiger partial charge >= 0.3 is 5.97 Å². The number of fused-ring (bicyclic) bond motifs is 1. The zero-order valence-corrected chi connectivity index (χ0v) is 12.3. The average Bonchev–Trinajstić information content (AvgIpc) is 2.89. The number of carbonyl (C=O) groups is 1. The van der Waals surface area contributed by atoms with E-state index in [-0.39, 0.29) is 11.4 Å². The quantitative estimate of drug-likeness (QED) is 0.810. The summed E-state index contributed by atoms with van der Waals surface area (Å²) in [5.74, 6) is -0.199. The minimum absolute atomic E-state index is 0.0657. The van der Waals surface area contributed by atoms with E-state index in [9.17, 15) is 9.35 Å². The van der Waals surface area contributed by atoms with E-state index < -0.39 is 17.3 Å². The van der Waals surface area contributed by atoms with E-state index in [1.54, 1.807) is 17.8 Å². The summed E-state index contributed by atoms with van der Waals surface area (Å²) in [6.07, 6.45) is 1.73. The summed E-state index contributed by atoms with van der Waals surface area (Å²) in [6, 6.07) is 3.77. The van der Waals surface area contributed by atoms with Crippen molar-refractivity contribution in [2.45, 2.75) is 15.6 Å². The van der Waals surface area contributed by atoms with Crippen LogP contribution in [-0.2, 0) is 16.2 Å². The molecule has 3 rings (SSSR count). The summed E-state index contributed by atoms with van der Waals surface area (Å²) >= 11 is 1.92. The zero-order valence-electron chi connectivity index (χ0n) is 9.81. The second-order valence-corrected chi connectivity index (χ2v) is 7.76. The lowest BCUT2D eigenvalue weighted by molar-refractivity contribution is -0.135. The molecule has 1 aromatic heterocycles. The molecular weight excluding hydrogens is 304 g/mol. The summed E-state index contributed by atoms with van der Waals surface area (Å²) < 4.78 is 15.9. The van der Waals surface area contributed by atoms with Crippen molar-refractivity contribution in [1.82, 2.24) is 9.62 Å². The molecule has 19 heavy (non-hydrogen) atoms. The van der Waals surface area contributed by atoms with E-state index in [2.05, 4.69) is 4.72 Å². The normalized spacial score (nSPS) is 27.2. The Morgan fingerprint density at radius 3 is 3.16 bits per heavy atom. The van der Waals surface area contributed by atoms with Crippen LogP contribution in [0.4, 0.5) is 0 Å². The smallest absolute Gasteiger partial charge is 0.351 e. The molecule has 0 bridgehead atoms. The molecule has 3 unspecified atom stereocenters. The highest BCUT2D eigenvalue weighted by Gasteiger charge is 2.46. The van der Waals surface area contributed by atoms with Crippen molar-refractivity contribution < 1.29 is 14.5 Å². The number of thiophene rings is 1. The van der Waals surface area contributed by atoms with Gasteiger partial charge in [0.25, 0.3) is 0 Å². The van der Waals surface area contributed by atoms with E-state index in [1.807, 2.05) is 22.4 Å². The van der Waals surface area contributed by atoms with Crippen LogP contribution in [0.2, 0.25) is 0 Å². The number of thioether (sulfide) groups is 1. The minimum Gasteiger partial charge on any atom is -0.592 e. The number of hydrogen-bond donors (Lipinski definition) is 2. The summed E-state index contributed by atoms with van der Waals surface area (Å²) in [6.45, 7) is 0.590. The second kappa shape index (κ2) is 5.37. The van der Waals surface area contributed by atoms with Crippen molar-refractivity contribution >= 4 is 40.4 Å². The van der Waals surface area contributed by atoms with Gasteiger partial charge in [-0.05, 0) is 17.5 Å². The van der Waals surface area contributed by atoms with Crippen LogP contribution >= 0.6 is 23.1 Å². The van der Waals surface area contributed by atoms with E-state index in [0.717, 1.165) is 4.21 Å². The third-order valence-electron chi connectivity index (χ3n) is 3.05. The highest BCUT2D eigenvalue weighted by molar-refractivity contribution is 8.00. The number of hydrogen-bond acceptors (Lipinski definition) is 6. The van der Waals surface area contributed by atoms with Crippen molar-refractivity contribution in [3.63, 3.8) is 0 Å². The van der Waals surface area contributed by atoms with Crippen molar-refractivity contribution in [2.75, 3.05) is 12.3 Å². The maximum absolute atomic E-state index is 12.1. The molecule has 0 spiro atoms. The number of carboxylic acid groups (broad SMARTS) is 1. The molecular formula is C11H12N2O3S3. The molecule has 2 aliphatic heterocycles. The van der Waals surface area contributed by atoms with Crippen LogP contribution in [0.1, 0.15) is 0 Å². The van der Waals surface area contributed by atoms with Crippen molar-refractivity contribution in [1.29, 1.82) is 0 Å². The first kappa shape index (κ1) is 13.3. The molecule has 2 N–H and O–H groups in total. The largest absolute Gasteiger partial charge is 0.592 e. The van der Waals surface area contributed by atoms with Gasteiger partial charge in [0, 0.05) is 18.4 Å². The van der Waals surface area contributed by atoms with Gasteiger partial charge in [-0.2, -0.15) is 0 Å². The highest BCUT2D eigenvalue weighted by atomic mass is 32.2. The van der Waals surface area contributed by atoms with E-state index >= 15 is 0 Å². The molecule has 3 heterocycles. The SMILES string of the molecule is O=C(O)C1=CCSC2C(N[S+]([O-])c3cccs3)CN12. The second-order valence-electron chi connectivity index (χ2n) is 4.20. The number of nitrogens with one attached hydrogen (secondary N) is 1. The molecule has 0 amide bonds. The molecule has 102 valence electrons. The first-order chi connectivity index (χ1) is 9.16.